The zero-order valence-corrected chi connectivity index (χ0v) is 11.3. The van der Waals surface area contributed by atoms with E-state index in [0.29, 0.717) is 12.5 Å². The van der Waals surface area contributed by atoms with Crippen LogP contribution in [0.15, 0.2) is 15.7 Å². The molecule has 1 saturated heterocycles. The lowest BCUT2D eigenvalue weighted by atomic mass is 10.0. The molecular formula is C13H21N3O2. The summed E-state index contributed by atoms with van der Waals surface area (Å²) in [6, 6.07) is 1.57. The van der Waals surface area contributed by atoms with Crippen molar-refractivity contribution in [3.63, 3.8) is 0 Å². The van der Waals surface area contributed by atoms with Gasteiger partial charge in [0.15, 0.2) is 0 Å². The Bertz CT molecular complexity index is 544. The van der Waals surface area contributed by atoms with Gasteiger partial charge in [-0.1, -0.05) is 6.92 Å². The molecule has 0 radical (unpaired) electrons. The highest BCUT2D eigenvalue weighted by atomic mass is 16.2. The van der Waals surface area contributed by atoms with Gasteiger partial charge in [-0.3, -0.25) is 18.8 Å². The minimum atomic E-state index is -0.248. The lowest BCUT2D eigenvalue weighted by molar-refractivity contribution is 0.172. The number of aromatic nitrogens is 2. The molecule has 0 amide bonds. The second kappa shape index (κ2) is 5.10. The number of rotatable bonds is 2. The molecule has 1 unspecified atom stereocenters. The average molecular weight is 251 g/mol. The maximum Gasteiger partial charge on any atom is 0.330 e. The first-order chi connectivity index (χ1) is 8.49. The summed E-state index contributed by atoms with van der Waals surface area (Å²) in [6.45, 7) is 5.03. The summed E-state index contributed by atoms with van der Waals surface area (Å²) < 4.78 is 2.71. The largest absolute Gasteiger partial charge is 0.330 e. The average Bonchev–Trinajstić information content (AvgIpc) is 2.33. The van der Waals surface area contributed by atoms with Crippen LogP contribution in [0, 0.1) is 5.92 Å². The van der Waals surface area contributed by atoms with E-state index < -0.39 is 0 Å². The van der Waals surface area contributed by atoms with Gasteiger partial charge in [0, 0.05) is 38.9 Å². The van der Waals surface area contributed by atoms with E-state index in [9.17, 15) is 9.59 Å². The van der Waals surface area contributed by atoms with E-state index >= 15 is 0 Å². The Morgan fingerprint density at radius 1 is 1.28 bits per heavy atom. The Balaban J connectivity index is 2.24. The van der Waals surface area contributed by atoms with Crippen LogP contribution in [0.4, 0.5) is 0 Å². The smallest absolute Gasteiger partial charge is 0.299 e. The molecule has 1 atom stereocenters. The zero-order chi connectivity index (χ0) is 13.3. The Labute approximate surface area is 107 Å². The molecule has 1 fully saturated rings. The van der Waals surface area contributed by atoms with Crippen LogP contribution in [0.1, 0.15) is 25.5 Å². The first-order valence-electron chi connectivity index (χ1n) is 6.47. The van der Waals surface area contributed by atoms with E-state index in [4.69, 9.17) is 0 Å². The number of hydrogen-bond donors (Lipinski definition) is 0. The predicted octanol–water partition coefficient (Wildman–Crippen LogP) is 0.316. The molecule has 0 bridgehead atoms. The summed E-state index contributed by atoms with van der Waals surface area (Å²) >= 11 is 0. The van der Waals surface area contributed by atoms with Crippen LogP contribution >= 0.6 is 0 Å². The molecule has 0 saturated carbocycles. The Morgan fingerprint density at radius 3 is 2.67 bits per heavy atom. The van der Waals surface area contributed by atoms with Crippen molar-refractivity contribution < 1.29 is 0 Å². The fourth-order valence-electron chi connectivity index (χ4n) is 2.59. The van der Waals surface area contributed by atoms with Crippen LogP contribution in [0.3, 0.4) is 0 Å². The van der Waals surface area contributed by atoms with E-state index in [2.05, 4.69) is 11.8 Å². The maximum absolute atomic E-state index is 11.8. The van der Waals surface area contributed by atoms with Crippen molar-refractivity contribution in [3.05, 3.63) is 32.6 Å². The molecule has 1 aromatic rings. The summed E-state index contributed by atoms with van der Waals surface area (Å²) in [6.07, 6.45) is 2.46. The van der Waals surface area contributed by atoms with Gasteiger partial charge in [0.2, 0.25) is 0 Å². The highest BCUT2D eigenvalue weighted by Crippen LogP contribution is 2.16. The molecule has 5 nitrogen and oxygen atoms in total. The van der Waals surface area contributed by atoms with Crippen LogP contribution in [-0.4, -0.2) is 27.1 Å². The van der Waals surface area contributed by atoms with Gasteiger partial charge in [-0.2, -0.15) is 0 Å². The van der Waals surface area contributed by atoms with Crippen molar-refractivity contribution >= 4 is 0 Å². The van der Waals surface area contributed by atoms with Gasteiger partial charge in [0.1, 0.15) is 0 Å². The third kappa shape index (κ3) is 2.56. The number of hydrogen-bond acceptors (Lipinski definition) is 3. The molecule has 18 heavy (non-hydrogen) atoms. The van der Waals surface area contributed by atoms with Crippen molar-refractivity contribution in [2.75, 3.05) is 13.1 Å². The highest BCUT2D eigenvalue weighted by molar-refractivity contribution is 5.02. The minimum absolute atomic E-state index is 0.224. The maximum atomic E-state index is 11.8. The normalized spacial score (nSPS) is 21.2. The van der Waals surface area contributed by atoms with Gasteiger partial charge in [-0.05, 0) is 25.3 Å². The minimum Gasteiger partial charge on any atom is -0.299 e. The zero-order valence-electron chi connectivity index (χ0n) is 11.3. The second-order valence-electron chi connectivity index (χ2n) is 5.36. The van der Waals surface area contributed by atoms with Gasteiger partial charge < -0.3 is 0 Å². The molecule has 100 valence electrons. The van der Waals surface area contributed by atoms with E-state index in [1.807, 2.05) is 0 Å². The monoisotopic (exact) mass is 251 g/mol. The van der Waals surface area contributed by atoms with Gasteiger partial charge in [-0.15, -0.1) is 0 Å². The van der Waals surface area contributed by atoms with Crippen LogP contribution in [0.25, 0.3) is 0 Å². The SMILES string of the molecule is CC1CCCN(Cc2cc(=O)n(C)c(=O)n2C)C1. The van der Waals surface area contributed by atoms with Crippen molar-refractivity contribution in [1.29, 1.82) is 0 Å². The molecule has 2 rings (SSSR count). The van der Waals surface area contributed by atoms with E-state index in [0.717, 1.165) is 23.4 Å². The summed E-state index contributed by atoms with van der Waals surface area (Å²) in [4.78, 5) is 25.8. The van der Waals surface area contributed by atoms with Crippen molar-refractivity contribution in [2.24, 2.45) is 20.0 Å². The van der Waals surface area contributed by atoms with Gasteiger partial charge in [0.25, 0.3) is 5.56 Å². The fraction of sp³-hybridized carbons (Fsp3) is 0.692. The van der Waals surface area contributed by atoms with Crippen LogP contribution in [0.5, 0.6) is 0 Å². The molecule has 5 heteroatoms. The third-order valence-corrected chi connectivity index (χ3v) is 3.75. The highest BCUT2D eigenvalue weighted by Gasteiger charge is 2.17. The first-order valence-corrected chi connectivity index (χ1v) is 6.47. The first kappa shape index (κ1) is 13.1. The molecule has 0 spiro atoms. The van der Waals surface area contributed by atoms with Crippen LogP contribution < -0.4 is 11.2 Å². The van der Waals surface area contributed by atoms with Gasteiger partial charge in [0.05, 0.1) is 0 Å². The van der Waals surface area contributed by atoms with E-state index in [1.165, 1.54) is 19.9 Å². The standard InChI is InChI=1S/C13H21N3O2/c1-10-5-4-6-16(8-10)9-11-7-12(17)15(3)13(18)14(11)2/h7,10H,4-6,8-9H2,1-3H3. The number of piperidine rings is 1. The van der Waals surface area contributed by atoms with E-state index in [1.54, 1.807) is 17.7 Å². The van der Waals surface area contributed by atoms with Gasteiger partial charge in [-0.25, -0.2) is 4.79 Å². The molecule has 0 aromatic carbocycles. The number of likely N-dealkylation sites (tertiary alicyclic amines) is 1. The fourth-order valence-corrected chi connectivity index (χ4v) is 2.59. The Kier molecular flexibility index (Phi) is 3.71. The Morgan fingerprint density at radius 2 is 2.00 bits per heavy atom. The molecule has 0 aliphatic carbocycles. The third-order valence-electron chi connectivity index (χ3n) is 3.75. The molecule has 1 aliphatic rings. The van der Waals surface area contributed by atoms with Crippen LogP contribution in [-0.2, 0) is 20.6 Å². The van der Waals surface area contributed by atoms with Crippen molar-refractivity contribution in [3.8, 4) is 0 Å². The summed E-state index contributed by atoms with van der Waals surface area (Å²) in [5.41, 5.74) is 0.331. The van der Waals surface area contributed by atoms with Gasteiger partial charge >= 0.3 is 5.69 Å². The lowest BCUT2D eigenvalue weighted by Gasteiger charge is -2.31. The van der Waals surface area contributed by atoms with Crippen molar-refractivity contribution in [2.45, 2.75) is 26.3 Å². The van der Waals surface area contributed by atoms with Crippen LogP contribution in [0.2, 0.25) is 0 Å². The molecule has 1 aliphatic heterocycles. The van der Waals surface area contributed by atoms with E-state index in [-0.39, 0.29) is 11.2 Å². The molecule has 0 N–H and O–H groups in total. The number of nitrogens with zero attached hydrogens (tertiary/aromatic N) is 3. The summed E-state index contributed by atoms with van der Waals surface area (Å²) in [5.74, 6) is 0.697. The topological polar surface area (TPSA) is 47.2 Å². The predicted molar refractivity (Wildman–Crippen MR) is 70.6 cm³/mol. The lowest BCUT2D eigenvalue weighted by Crippen LogP contribution is -2.41. The molecule has 1 aromatic heterocycles. The quantitative estimate of drug-likeness (QED) is 0.760. The summed E-state index contributed by atoms with van der Waals surface area (Å²) in [7, 11) is 3.24. The second-order valence-corrected chi connectivity index (χ2v) is 5.36. The Hall–Kier alpha value is -1.36. The summed E-state index contributed by atoms with van der Waals surface area (Å²) in [5, 5.41) is 0. The van der Waals surface area contributed by atoms with Crippen molar-refractivity contribution in [1.82, 2.24) is 14.0 Å². The molecule has 2 heterocycles. The molecular weight excluding hydrogens is 230 g/mol.